The number of benzene rings is 8. The van der Waals surface area contributed by atoms with E-state index in [-0.39, 0.29) is 10.9 Å². The van der Waals surface area contributed by atoms with Crippen molar-refractivity contribution in [2.24, 2.45) is 0 Å². The van der Waals surface area contributed by atoms with Crippen molar-refractivity contribution in [3.05, 3.63) is 208 Å². The van der Waals surface area contributed by atoms with Crippen LogP contribution in [0.25, 0.3) is 116 Å². The first-order valence-electron chi connectivity index (χ1n) is 21.2. The molecule has 8 aromatic carbocycles. The van der Waals surface area contributed by atoms with Crippen molar-refractivity contribution in [3.8, 4) is 17.1 Å². The molecule has 0 N–H and O–H groups in total. The summed E-state index contributed by atoms with van der Waals surface area (Å²) in [6.07, 6.45) is 6.44. The molecule has 0 bridgehead atoms. The van der Waals surface area contributed by atoms with E-state index in [1.165, 1.54) is 10.9 Å². The molecule has 0 radical (unpaired) electrons. The Kier molecular flexibility index (Phi) is 6.60. The Labute approximate surface area is 353 Å². The quantitative estimate of drug-likeness (QED) is 0.132. The van der Waals surface area contributed by atoms with E-state index < -0.39 is 0 Å². The summed E-state index contributed by atoms with van der Waals surface area (Å²) in [6, 6.07) is 58.6. The molecule has 0 unspecified atom stereocenters. The maximum Gasteiger partial charge on any atom is 0.197 e. The summed E-state index contributed by atoms with van der Waals surface area (Å²) in [5, 5.41) is 7.97. The maximum atomic E-state index is 15.4. The summed E-state index contributed by atoms with van der Waals surface area (Å²) in [4.78, 5) is 30.7. The summed E-state index contributed by atoms with van der Waals surface area (Å²) in [5.41, 5.74) is 12.3. The number of allylic oxidation sites excluding steroid dienone is 1. The smallest absolute Gasteiger partial charge is 0.197 e. The predicted octanol–water partition coefficient (Wildman–Crippen LogP) is 12.7. The number of hydrogen-bond acceptors (Lipinski definition) is 2. The Hall–Kier alpha value is -8.22. The molecule has 0 saturated heterocycles. The Morgan fingerprint density at radius 1 is 0.355 bits per heavy atom. The third-order valence-corrected chi connectivity index (χ3v) is 13.5. The second kappa shape index (κ2) is 12.2. The molecule has 13 aromatic rings. The molecule has 0 fully saturated rings. The zero-order valence-corrected chi connectivity index (χ0v) is 33.3. The molecule has 62 heavy (non-hydrogen) atoms. The van der Waals surface area contributed by atoms with Crippen molar-refractivity contribution in [3.63, 3.8) is 0 Å². The molecule has 5 heterocycles. The minimum Gasteiger partial charge on any atom is -0.310 e. The number of nitrogens with zero attached hydrogens (tertiary/aromatic N) is 4. The van der Waals surface area contributed by atoms with E-state index in [1.54, 1.807) is 0 Å². The molecule has 0 amide bonds. The van der Waals surface area contributed by atoms with Crippen molar-refractivity contribution in [1.82, 2.24) is 18.1 Å². The fourth-order valence-corrected chi connectivity index (χ4v) is 10.9. The number of aromatic nitrogens is 4. The van der Waals surface area contributed by atoms with Crippen LogP contribution in [0.15, 0.2) is 186 Å². The van der Waals surface area contributed by atoms with Crippen LogP contribution >= 0.6 is 0 Å². The second-order valence-corrected chi connectivity index (χ2v) is 16.7. The molecule has 0 spiro atoms. The number of rotatable bonds is 3. The Morgan fingerprint density at radius 3 is 1.26 bits per heavy atom. The van der Waals surface area contributed by atoms with Gasteiger partial charge in [0, 0.05) is 71.2 Å². The van der Waals surface area contributed by atoms with E-state index in [2.05, 4.69) is 170 Å². The van der Waals surface area contributed by atoms with Crippen molar-refractivity contribution < 1.29 is 0 Å². The minimum atomic E-state index is -0.108. The van der Waals surface area contributed by atoms with E-state index in [1.807, 2.05) is 30.3 Å². The highest BCUT2D eigenvalue weighted by Gasteiger charge is 2.24. The molecule has 290 valence electrons. The zero-order chi connectivity index (χ0) is 40.8. The van der Waals surface area contributed by atoms with Crippen molar-refractivity contribution in [2.45, 2.75) is 12.8 Å². The number of hydrogen-bond donors (Lipinski definition) is 0. The van der Waals surface area contributed by atoms with Crippen LogP contribution in [0.1, 0.15) is 17.7 Å². The normalized spacial score (nSPS) is 13.1. The molecule has 5 aromatic heterocycles. The van der Waals surface area contributed by atoms with E-state index in [4.69, 9.17) is 0 Å². The summed E-state index contributed by atoms with van der Waals surface area (Å²) < 4.78 is 8.92. The van der Waals surface area contributed by atoms with Gasteiger partial charge in [-0.1, -0.05) is 97.1 Å². The average Bonchev–Trinajstić information content (AvgIpc) is 3.97. The zero-order valence-electron chi connectivity index (χ0n) is 33.3. The molecule has 0 aliphatic heterocycles. The third-order valence-electron chi connectivity index (χ3n) is 13.5. The molecule has 1 aliphatic carbocycles. The first-order valence-corrected chi connectivity index (χ1v) is 21.2. The Morgan fingerprint density at radius 2 is 0.758 bits per heavy atom. The molecule has 6 nitrogen and oxygen atoms in total. The monoisotopic (exact) mass is 794 g/mol. The summed E-state index contributed by atoms with van der Waals surface area (Å²) in [5.74, 6) is 0. The largest absolute Gasteiger partial charge is 0.310 e. The van der Waals surface area contributed by atoms with Gasteiger partial charge in [-0.15, -0.1) is 0 Å². The average molecular weight is 795 g/mol. The van der Waals surface area contributed by atoms with E-state index >= 15 is 9.59 Å². The summed E-state index contributed by atoms with van der Waals surface area (Å²) in [7, 11) is 0. The van der Waals surface area contributed by atoms with Crippen LogP contribution in [0.5, 0.6) is 0 Å². The highest BCUT2D eigenvalue weighted by atomic mass is 16.1. The molecule has 0 saturated carbocycles. The van der Waals surface area contributed by atoms with Gasteiger partial charge in [-0.3, -0.25) is 9.59 Å². The first kappa shape index (κ1) is 33.6. The van der Waals surface area contributed by atoms with Crippen LogP contribution < -0.4 is 10.9 Å². The van der Waals surface area contributed by atoms with Gasteiger partial charge in [-0.05, 0) is 103 Å². The lowest BCUT2D eigenvalue weighted by atomic mass is 10.0. The molecular weight excluding hydrogens is 761 g/mol. The molecular formula is C56H34N4O2. The lowest BCUT2D eigenvalue weighted by molar-refractivity contribution is 0.968. The fourth-order valence-electron chi connectivity index (χ4n) is 10.9. The van der Waals surface area contributed by atoms with Crippen LogP contribution in [-0.2, 0) is 6.42 Å². The Balaban J connectivity index is 1.13. The van der Waals surface area contributed by atoms with Gasteiger partial charge in [0.2, 0.25) is 0 Å². The van der Waals surface area contributed by atoms with Gasteiger partial charge in [0.15, 0.2) is 10.9 Å². The summed E-state index contributed by atoms with van der Waals surface area (Å²) in [6.45, 7) is 0. The summed E-state index contributed by atoms with van der Waals surface area (Å²) >= 11 is 0. The number of para-hydroxylation sites is 5. The Bertz CT molecular complexity index is 4170. The van der Waals surface area contributed by atoms with Gasteiger partial charge in [0.05, 0.1) is 44.1 Å². The molecule has 14 rings (SSSR count). The van der Waals surface area contributed by atoms with Crippen LogP contribution in [0.4, 0.5) is 0 Å². The van der Waals surface area contributed by atoms with Crippen LogP contribution in [0.2, 0.25) is 0 Å². The number of aryl methyl sites for hydroxylation is 1. The topological polar surface area (TPSA) is 53.3 Å². The highest BCUT2D eigenvalue weighted by Crippen LogP contribution is 2.39. The van der Waals surface area contributed by atoms with Gasteiger partial charge in [0.1, 0.15) is 0 Å². The van der Waals surface area contributed by atoms with Gasteiger partial charge in [0.25, 0.3) is 0 Å². The van der Waals surface area contributed by atoms with Gasteiger partial charge in [-0.2, -0.15) is 0 Å². The standard InChI is InChI=1S/C56H34N4O2/c61-55-42-29-33(57-46-19-7-1-13-36(46)37-14-2-8-20-47(37)57)25-27-52(42)60-53-28-26-34(58-48-21-9-3-15-38(48)39-16-4-10-22-49(39)58)30-43(53)56(62)45-32-35(31-44(55)54(45)60)59-50-23-11-5-17-40(50)41-18-6-12-24-51(41)59/h1-3,5-15,17-32H,4,16H2. The number of fused-ring (bicyclic) bond motifs is 13. The van der Waals surface area contributed by atoms with Gasteiger partial charge in [-0.25, -0.2) is 0 Å². The van der Waals surface area contributed by atoms with E-state index in [0.717, 1.165) is 95.8 Å². The highest BCUT2D eigenvalue weighted by molar-refractivity contribution is 6.13. The SMILES string of the molecule is O=c1c2cc(-n3c4c(c5ccccc53)CCC=C4)ccc2n2c3ccc(-n4c5ccccc5c5ccccc54)cc3c(=O)c3cc(-n4c5ccccc5c5ccccc54)cc1c32. The van der Waals surface area contributed by atoms with Crippen LogP contribution in [0, 0.1) is 0 Å². The van der Waals surface area contributed by atoms with Crippen LogP contribution in [-0.4, -0.2) is 18.1 Å². The van der Waals surface area contributed by atoms with Crippen molar-refractivity contribution in [1.29, 1.82) is 0 Å². The van der Waals surface area contributed by atoms with E-state index in [0.29, 0.717) is 27.1 Å². The number of pyridine rings is 2. The molecule has 0 atom stereocenters. The maximum absolute atomic E-state index is 15.4. The molecule has 6 heteroatoms. The van der Waals surface area contributed by atoms with Gasteiger partial charge >= 0.3 is 0 Å². The second-order valence-electron chi connectivity index (χ2n) is 16.7. The fraction of sp³-hybridized carbons (Fsp3) is 0.0357. The van der Waals surface area contributed by atoms with Crippen molar-refractivity contribution in [2.75, 3.05) is 0 Å². The van der Waals surface area contributed by atoms with Crippen molar-refractivity contribution >= 4 is 98.7 Å². The lowest BCUT2D eigenvalue weighted by Gasteiger charge is -2.19. The van der Waals surface area contributed by atoms with Gasteiger partial charge < -0.3 is 18.1 Å². The third kappa shape index (κ3) is 4.32. The first-order chi connectivity index (χ1) is 30.6. The van der Waals surface area contributed by atoms with E-state index in [9.17, 15) is 0 Å². The molecule has 1 aliphatic rings. The predicted molar refractivity (Wildman–Crippen MR) is 257 cm³/mol. The minimum absolute atomic E-state index is 0.101. The lowest BCUT2D eigenvalue weighted by Crippen LogP contribution is -2.15. The van der Waals surface area contributed by atoms with Crippen LogP contribution in [0.3, 0.4) is 0 Å².